The van der Waals surface area contributed by atoms with Crippen molar-refractivity contribution in [3.8, 4) is 0 Å². The molecule has 1 aliphatic rings. The van der Waals surface area contributed by atoms with Gasteiger partial charge < -0.3 is 15.7 Å². The van der Waals surface area contributed by atoms with Crippen LogP contribution in [0.2, 0.25) is 5.15 Å². The van der Waals surface area contributed by atoms with E-state index in [2.05, 4.69) is 15.6 Å². The number of aliphatic hydroxyl groups excluding tert-OH is 1. The van der Waals surface area contributed by atoms with E-state index in [9.17, 15) is 9.90 Å². The Morgan fingerprint density at radius 2 is 2.40 bits per heavy atom. The van der Waals surface area contributed by atoms with Gasteiger partial charge in [-0.2, -0.15) is 0 Å². The van der Waals surface area contributed by atoms with Crippen LogP contribution in [0.5, 0.6) is 0 Å². The fraction of sp³-hybridized carbons (Fsp3) is 0.571. The molecule has 1 aromatic heterocycles. The number of halogens is 1. The third-order valence-corrected chi connectivity index (χ3v) is 4.12. The van der Waals surface area contributed by atoms with E-state index in [4.69, 9.17) is 11.6 Å². The van der Waals surface area contributed by atoms with Crippen LogP contribution in [0, 0.1) is 5.41 Å². The highest BCUT2D eigenvalue weighted by molar-refractivity contribution is 6.29. The standard InChI is InChI=1S/C14H20ClN3O2/c1-14(6-3-2-4-11(14)19)9-17-13(20)18-10-5-7-16-12(15)8-10/h5,7-8,11,19H,2-4,6,9H2,1H3,(H2,16,17,18,20). The number of aromatic nitrogens is 1. The maximum Gasteiger partial charge on any atom is 0.319 e. The highest BCUT2D eigenvalue weighted by Crippen LogP contribution is 2.35. The van der Waals surface area contributed by atoms with E-state index >= 15 is 0 Å². The van der Waals surface area contributed by atoms with Crippen molar-refractivity contribution in [3.63, 3.8) is 0 Å². The number of amides is 2. The smallest absolute Gasteiger partial charge is 0.319 e. The van der Waals surface area contributed by atoms with Gasteiger partial charge in [0.2, 0.25) is 0 Å². The Labute approximate surface area is 123 Å². The van der Waals surface area contributed by atoms with Gasteiger partial charge >= 0.3 is 6.03 Å². The molecular formula is C14H20ClN3O2. The number of hydrogen-bond donors (Lipinski definition) is 3. The highest BCUT2D eigenvalue weighted by Gasteiger charge is 2.35. The maximum atomic E-state index is 11.8. The first kappa shape index (κ1) is 15.1. The first-order chi connectivity index (χ1) is 9.49. The van der Waals surface area contributed by atoms with Gasteiger partial charge in [-0.15, -0.1) is 0 Å². The van der Waals surface area contributed by atoms with Gasteiger partial charge in [0.25, 0.3) is 0 Å². The zero-order valence-corrected chi connectivity index (χ0v) is 12.3. The summed E-state index contributed by atoms with van der Waals surface area (Å²) < 4.78 is 0. The topological polar surface area (TPSA) is 74.2 Å². The summed E-state index contributed by atoms with van der Waals surface area (Å²) >= 11 is 5.75. The summed E-state index contributed by atoms with van der Waals surface area (Å²) in [6.07, 6.45) is 5.06. The van der Waals surface area contributed by atoms with Gasteiger partial charge in [0, 0.05) is 23.8 Å². The van der Waals surface area contributed by atoms with Crippen LogP contribution < -0.4 is 10.6 Å². The van der Waals surface area contributed by atoms with Crippen LogP contribution in [0.4, 0.5) is 10.5 Å². The summed E-state index contributed by atoms with van der Waals surface area (Å²) in [4.78, 5) is 15.7. The fourth-order valence-electron chi connectivity index (χ4n) is 2.53. The molecule has 2 amide bonds. The second-order valence-corrected chi connectivity index (χ2v) is 5.98. The molecule has 2 unspecified atom stereocenters. The molecule has 20 heavy (non-hydrogen) atoms. The van der Waals surface area contributed by atoms with Crippen LogP contribution in [-0.2, 0) is 0 Å². The third kappa shape index (κ3) is 3.84. The van der Waals surface area contributed by atoms with Gasteiger partial charge in [-0.25, -0.2) is 9.78 Å². The summed E-state index contributed by atoms with van der Waals surface area (Å²) in [5.74, 6) is 0. The van der Waals surface area contributed by atoms with Crippen molar-refractivity contribution in [3.05, 3.63) is 23.5 Å². The number of carbonyl (C=O) groups excluding carboxylic acids is 1. The number of nitrogens with one attached hydrogen (secondary N) is 2. The second kappa shape index (κ2) is 6.41. The highest BCUT2D eigenvalue weighted by atomic mass is 35.5. The third-order valence-electron chi connectivity index (χ3n) is 3.92. The molecule has 0 bridgehead atoms. The molecule has 0 saturated heterocycles. The van der Waals surface area contributed by atoms with Crippen LogP contribution in [-0.4, -0.2) is 28.8 Å². The SMILES string of the molecule is CC1(CNC(=O)Nc2ccnc(Cl)c2)CCCCC1O. The van der Waals surface area contributed by atoms with Crippen LogP contribution in [0.25, 0.3) is 0 Å². The van der Waals surface area contributed by atoms with Crippen molar-refractivity contribution in [2.45, 2.75) is 38.7 Å². The van der Waals surface area contributed by atoms with Crippen LogP contribution in [0.15, 0.2) is 18.3 Å². The largest absolute Gasteiger partial charge is 0.392 e. The van der Waals surface area contributed by atoms with Crippen molar-refractivity contribution >= 4 is 23.3 Å². The summed E-state index contributed by atoms with van der Waals surface area (Å²) in [6, 6.07) is 2.95. The molecule has 2 rings (SSSR count). The lowest BCUT2D eigenvalue weighted by Gasteiger charge is -2.38. The van der Waals surface area contributed by atoms with Gasteiger partial charge in [0.1, 0.15) is 5.15 Å². The summed E-state index contributed by atoms with van der Waals surface area (Å²) in [7, 11) is 0. The molecule has 6 heteroatoms. The molecule has 0 spiro atoms. The van der Waals surface area contributed by atoms with Gasteiger partial charge in [-0.1, -0.05) is 31.4 Å². The molecule has 1 fully saturated rings. The van der Waals surface area contributed by atoms with E-state index in [1.54, 1.807) is 12.1 Å². The maximum absolute atomic E-state index is 11.8. The van der Waals surface area contributed by atoms with Crippen molar-refractivity contribution < 1.29 is 9.90 Å². The van der Waals surface area contributed by atoms with Crippen LogP contribution >= 0.6 is 11.6 Å². The summed E-state index contributed by atoms with van der Waals surface area (Å²) in [5.41, 5.74) is 0.350. The van der Waals surface area contributed by atoms with E-state index in [1.165, 1.54) is 6.20 Å². The Balaban J connectivity index is 1.86. The average molecular weight is 298 g/mol. The average Bonchev–Trinajstić information content (AvgIpc) is 2.40. The molecule has 5 nitrogen and oxygen atoms in total. The molecular weight excluding hydrogens is 278 g/mol. The molecule has 0 radical (unpaired) electrons. The molecule has 1 saturated carbocycles. The van der Waals surface area contributed by atoms with Gasteiger partial charge in [0.05, 0.1) is 6.10 Å². The van der Waals surface area contributed by atoms with Crippen molar-refractivity contribution in [1.29, 1.82) is 0 Å². The van der Waals surface area contributed by atoms with Crippen molar-refractivity contribution in [1.82, 2.24) is 10.3 Å². The van der Waals surface area contributed by atoms with E-state index in [0.29, 0.717) is 17.4 Å². The predicted molar refractivity (Wildman–Crippen MR) is 78.9 cm³/mol. The molecule has 0 aliphatic heterocycles. The Bertz CT molecular complexity index is 483. The normalized spacial score (nSPS) is 26.1. The summed E-state index contributed by atoms with van der Waals surface area (Å²) in [6.45, 7) is 2.47. The molecule has 1 heterocycles. The quantitative estimate of drug-likeness (QED) is 0.751. The van der Waals surface area contributed by atoms with Crippen LogP contribution in [0.3, 0.4) is 0 Å². The molecule has 2 atom stereocenters. The zero-order valence-electron chi connectivity index (χ0n) is 11.5. The lowest BCUT2D eigenvalue weighted by Crippen LogP contribution is -2.46. The Morgan fingerprint density at radius 1 is 1.60 bits per heavy atom. The van der Waals surface area contributed by atoms with E-state index < -0.39 is 0 Å². The van der Waals surface area contributed by atoms with Gasteiger partial charge in [-0.3, -0.25) is 0 Å². The summed E-state index contributed by atoms with van der Waals surface area (Å²) in [5, 5.41) is 15.9. The molecule has 0 aromatic carbocycles. The first-order valence-corrected chi connectivity index (χ1v) is 7.22. The monoisotopic (exact) mass is 297 g/mol. The number of aliphatic hydroxyl groups is 1. The number of hydrogen-bond acceptors (Lipinski definition) is 3. The minimum absolute atomic E-state index is 0.245. The van der Waals surface area contributed by atoms with Gasteiger partial charge in [0.15, 0.2) is 0 Å². The Kier molecular flexibility index (Phi) is 4.83. The molecule has 1 aliphatic carbocycles. The first-order valence-electron chi connectivity index (χ1n) is 6.84. The number of rotatable bonds is 3. The van der Waals surface area contributed by atoms with Gasteiger partial charge in [-0.05, 0) is 25.0 Å². The minimum atomic E-state index is -0.355. The van der Waals surface area contributed by atoms with Crippen molar-refractivity contribution in [2.24, 2.45) is 5.41 Å². The Morgan fingerprint density at radius 3 is 3.10 bits per heavy atom. The number of anilines is 1. The minimum Gasteiger partial charge on any atom is -0.392 e. The molecule has 3 N–H and O–H groups in total. The number of nitrogens with zero attached hydrogens (tertiary/aromatic N) is 1. The van der Waals surface area contributed by atoms with Crippen LogP contribution in [0.1, 0.15) is 32.6 Å². The Hall–Kier alpha value is -1.33. The fourth-order valence-corrected chi connectivity index (χ4v) is 2.70. The lowest BCUT2D eigenvalue weighted by atomic mass is 9.73. The number of pyridine rings is 1. The predicted octanol–water partition coefficient (Wildman–Crippen LogP) is 2.80. The lowest BCUT2D eigenvalue weighted by molar-refractivity contribution is 0.00333. The number of urea groups is 1. The van der Waals surface area contributed by atoms with E-state index in [1.807, 2.05) is 6.92 Å². The van der Waals surface area contributed by atoms with E-state index in [0.717, 1.165) is 25.7 Å². The second-order valence-electron chi connectivity index (χ2n) is 5.59. The van der Waals surface area contributed by atoms with Crippen molar-refractivity contribution in [2.75, 3.05) is 11.9 Å². The van der Waals surface area contributed by atoms with E-state index in [-0.39, 0.29) is 17.6 Å². The molecule has 1 aromatic rings. The number of carbonyl (C=O) groups is 1. The zero-order chi connectivity index (χ0) is 14.6. The molecule has 110 valence electrons.